The van der Waals surface area contributed by atoms with E-state index in [1.807, 2.05) is 6.92 Å². The van der Waals surface area contributed by atoms with Gasteiger partial charge in [0, 0.05) is 5.92 Å². The Morgan fingerprint density at radius 3 is 2.13 bits per heavy atom. The highest BCUT2D eigenvalue weighted by atomic mass is 32.4. The molecule has 0 bridgehead atoms. The summed E-state index contributed by atoms with van der Waals surface area (Å²) < 4.78 is 0. The molecule has 0 heterocycles. The fraction of sp³-hybridized carbons (Fsp3) is 0.778. The number of carbonyl (C=O) groups is 2. The number of hydrogen-bond acceptors (Lipinski definition) is 4. The maximum atomic E-state index is 11.9. The summed E-state index contributed by atoms with van der Waals surface area (Å²) in [6.07, 6.45) is 8.30. The fourth-order valence-corrected chi connectivity index (χ4v) is 4.12. The molecule has 3 nitrogen and oxygen atoms in total. The smallest absolute Gasteiger partial charge is 0.315 e. The SMILES string of the molecule is C=C(C)C(=O)C(C)CCCCCCCCC(C)(N)C(=O)[P+](C)=S. The van der Waals surface area contributed by atoms with Crippen LogP contribution in [0.15, 0.2) is 12.2 Å². The summed E-state index contributed by atoms with van der Waals surface area (Å²) in [4.78, 5) is 23.6. The van der Waals surface area contributed by atoms with Crippen molar-refractivity contribution in [1.82, 2.24) is 0 Å². The predicted octanol–water partition coefficient (Wildman–Crippen LogP) is 4.71. The molecule has 0 rings (SSSR count). The van der Waals surface area contributed by atoms with Crippen molar-refractivity contribution in [3.05, 3.63) is 12.2 Å². The van der Waals surface area contributed by atoms with Crippen LogP contribution in [0.2, 0.25) is 0 Å². The van der Waals surface area contributed by atoms with Gasteiger partial charge in [0.25, 0.3) is 0 Å². The van der Waals surface area contributed by atoms with Gasteiger partial charge in [-0.1, -0.05) is 52.0 Å². The average Bonchev–Trinajstić information content (AvgIpc) is 2.47. The molecule has 3 atom stereocenters. The van der Waals surface area contributed by atoms with E-state index in [4.69, 9.17) is 17.5 Å². The quantitative estimate of drug-likeness (QED) is 0.294. The van der Waals surface area contributed by atoms with Crippen LogP contribution in [0.25, 0.3) is 0 Å². The summed E-state index contributed by atoms with van der Waals surface area (Å²) in [5, 5.41) is 0. The Bertz CT molecular complexity index is 446. The van der Waals surface area contributed by atoms with Crippen LogP contribution in [0.3, 0.4) is 0 Å². The van der Waals surface area contributed by atoms with Crippen LogP contribution in [0.1, 0.15) is 72.1 Å². The fourth-order valence-electron chi connectivity index (χ4n) is 2.67. The summed E-state index contributed by atoms with van der Waals surface area (Å²) in [5.74, 6) is 0.285. The summed E-state index contributed by atoms with van der Waals surface area (Å²) >= 11 is 5.06. The molecule has 0 aromatic rings. The molecule has 0 aliphatic rings. The number of ketones is 1. The monoisotopic (exact) mass is 358 g/mol. The van der Waals surface area contributed by atoms with Crippen LogP contribution in [0, 0.1) is 5.92 Å². The molecule has 0 aromatic carbocycles. The molecule has 0 aliphatic carbocycles. The van der Waals surface area contributed by atoms with Gasteiger partial charge in [-0.15, -0.1) is 0 Å². The van der Waals surface area contributed by atoms with E-state index in [-0.39, 0.29) is 17.2 Å². The number of carbonyl (C=O) groups excluding carboxylic acids is 2. The first kappa shape index (κ1) is 22.6. The zero-order chi connectivity index (χ0) is 18.0. The maximum Gasteiger partial charge on any atom is 0.354 e. The van der Waals surface area contributed by atoms with Gasteiger partial charge in [-0.05, 0) is 32.3 Å². The van der Waals surface area contributed by atoms with E-state index in [9.17, 15) is 9.59 Å². The number of rotatable bonds is 13. The van der Waals surface area contributed by atoms with Crippen molar-refractivity contribution in [2.75, 3.05) is 6.66 Å². The first-order chi connectivity index (χ1) is 10.6. The first-order valence-corrected chi connectivity index (χ1v) is 11.3. The van der Waals surface area contributed by atoms with Gasteiger partial charge in [0.2, 0.25) is 6.70 Å². The first-order valence-electron chi connectivity index (χ1n) is 8.53. The summed E-state index contributed by atoms with van der Waals surface area (Å²) in [5.41, 5.74) is 6.02. The summed E-state index contributed by atoms with van der Waals surface area (Å²) in [6.45, 7) is 10.1. The van der Waals surface area contributed by atoms with Crippen molar-refractivity contribution < 1.29 is 9.59 Å². The standard InChI is InChI=1S/C18H33NO2PS/c1-14(2)16(20)15(3)12-10-8-6-7-9-11-13-18(4,19)17(21)22(5)23/h15H,1,6-13,19H2,2-5H3/q+1. The number of hydrogen-bond donors (Lipinski definition) is 1. The predicted molar refractivity (Wildman–Crippen MR) is 104 cm³/mol. The van der Waals surface area contributed by atoms with E-state index in [0.717, 1.165) is 44.9 Å². The minimum atomic E-state index is -1.01. The van der Waals surface area contributed by atoms with Crippen LogP contribution >= 0.6 is 6.70 Å². The Balaban J connectivity index is 3.72. The van der Waals surface area contributed by atoms with Gasteiger partial charge in [-0.25, -0.2) is 4.79 Å². The lowest BCUT2D eigenvalue weighted by Gasteiger charge is -2.17. The van der Waals surface area contributed by atoms with Gasteiger partial charge < -0.3 is 5.73 Å². The van der Waals surface area contributed by atoms with Crippen LogP contribution in [0.5, 0.6) is 0 Å². The van der Waals surface area contributed by atoms with Crippen LogP contribution < -0.4 is 5.73 Å². The minimum absolute atomic E-state index is 0.0404. The van der Waals surface area contributed by atoms with Crippen molar-refractivity contribution in [3.8, 4) is 0 Å². The molecule has 23 heavy (non-hydrogen) atoms. The summed E-state index contributed by atoms with van der Waals surface area (Å²) in [6, 6.07) is 0. The van der Waals surface area contributed by atoms with Gasteiger partial charge in [0.15, 0.2) is 17.6 Å². The topological polar surface area (TPSA) is 60.2 Å². The number of nitrogens with two attached hydrogens (primary N) is 1. The number of Topliss-reactive ketones (excluding diaryl/α,β-unsaturated/α-hetero) is 1. The minimum Gasteiger partial charge on any atom is -0.315 e. The molecule has 2 N–H and O–H groups in total. The van der Waals surface area contributed by atoms with Gasteiger partial charge >= 0.3 is 5.52 Å². The van der Waals surface area contributed by atoms with E-state index in [1.165, 1.54) is 6.42 Å². The molecule has 0 spiro atoms. The van der Waals surface area contributed by atoms with Crippen molar-refractivity contribution in [2.45, 2.75) is 77.7 Å². The Labute approximate surface area is 147 Å². The molecule has 0 saturated carbocycles. The third-order valence-electron chi connectivity index (χ3n) is 4.23. The van der Waals surface area contributed by atoms with Crippen molar-refractivity contribution in [1.29, 1.82) is 0 Å². The molecule has 0 amide bonds. The lowest BCUT2D eigenvalue weighted by Crippen LogP contribution is -2.43. The molecule has 0 radical (unpaired) electrons. The zero-order valence-corrected chi connectivity index (χ0v) is 16.9. The highest BCUT2D eigenvalue weighted by Crippen LogP contribution is 2.27. The van der Waals surface area contributed by atoms with Crippen molar-refractivity contribution >= 4 is 29.8 Å². The molecule has 3 unspecified atom stereocenters. The normalized spacial score (nSPS) is 15.6. The zero-order valence-electron chi connectivity index (χ0n) is 15.2. The van der Waals surface area contributed by atoms with Crippen LogP contribution in [0.4, 0.5) is 0 Å². The van der Waals surface area contributed by atoms with Gasteiger partial charge in [0.1, 0.15) is 12.2 Å². The Hall–Kier alpha value is -0.440. The Kier molecular flexibility index (Phi) is 11.0. The molecule has 0 aromatic heterocycles. The number of unbranched alkanes of at least 4 members (excludes halogenated alkanes) is 5. The maximum absolute atomic E-state index is 11.9. The van der Waals surface area contributed by atoms with Crippen LogP contribution in [-0.4, -0.2) is 23.5 Å². The van der Waals surface area contributed by atoms with E-state index >= 15 is 0 Å². The molecular weight excluding hydrogens is 325 g/mol. The lowest BCUT2D eigenvalue weighted by molar-refractivity contribution is -0.119. The Morgan fingerprint density at radius 1 is 1.17 bits per heavy atom. The van der Waals surface area contributed by atoms with Gasteiger partial charge in [-0.3, -0.25) is 4.79 Å². The number of allylic oxidation sites excluding steroid dienone is 1. The highest BCUT2D eigenvalue weighted by molar-refractivity contribution is 8.12. The lowest BCUT2D eigenvalue weighted by atomic mass is 9.94. The van der Waals surface area contributed by atoms with Gasteiger partial charge in [-0.2, -0.15) is 0 Å². The van der Waals surface area contributed by atoms with E-state index in [0.29, 0.717) is 5.57 Å². The second-order valence-corrected chi connectivity index (χ2v) is 9.97. The van der Waals surface area contributed by atoms with E-state index < -0.39 is 12.2 Å². The summed E-state index contributed by atoms with van der Waals surface area (Å²) in [7, 11) is 0. The van der Waals surface area contributed by atoms with E-state index in [2.05, 4.69) is 6.58 Å². The van der Waals surface area contributed by atoms with Crippen molar-refractivity contribution in [3.63, 3.8) is 0 Å². The highest BCUT2D eigenvalue weighted by Gasteiger charge is 2.36. The molecular formula is C18H33NO2PS+. The molecule has 132 valence electrons. The average molecular weight is 359 g/mol. The Morgan fingerprint density at radius 2 is 1.65 bits per heavy atom. The third-order valence-corrected chi connectivity index (χ3v) is 5.81. The molecule has 5 heteroatoms. The van der Waals surface area contributed by atoms with Crippen LogP contribution in [-0.2, 0) is 21.4 Å². The third kappa shape index (κ3) is 9.44. The molecule has 0 aliphatic heterocycles. The second-order valence-electron chi connectivity index (χ2n) is 6.93. The second kappa shape index (κ2) is 11.2. The van der Waals surface area contributed by atoms with Gasteiger partial charge in [0.05, 0.1) is 0 Å². The molecule has 0 saturated heterocycles. The van der Waals surface area contributed by atoms with Crippen molar-refractivity contribution in [2.24, 2.45) is 11.7 Å². The van der Waals surface area contributed by atoms with E-state index in [1.54, 1.807) is 20.5 Å². The largest absolute Gasteiger partial charge is 0.354 e. The molecule has 0 fully saturated rings.